The minimum atomic E-state index is -0.190. The second-order valence-electron chi connectivity index (χ2n) is 8.35. The van der Waals surface area contributed by atoms with Crippen LogP contribution in [0.15, 0.2) is 29.4 Å². The van der Waals surface area contributed by atoms with Gasteiger partial charge in [-0.1, -0.05) is 18.2 Å². The summed E-state index contributed by atoms with van der Waals surface area (Å²) < 4.78 is 0. The summed E-state index contributed by atoms with van der Waals surface area (Å²) in [7, 11) is 0. The largest absolute Gasteiger partial charge is 0.371 e. The Labute approximate surface area is 159 Å². The molecule has 1 aromatic carbocycles. The average Bonchev–Trinajstić information content (AvgIpc) is 3.43. The Bertz CT molecular complexity index is 852. The van der Waals surface area contributed by atoms with E-state index >= 15 is 0 Å². The standard InChI is InChI=1S/C22H25N3O2/c1-13-14(2)18(24-9-3-4-10-24)8-7-17(13)12-23-25-21(26)19-15-5-6-16(11-15)20(19)22(25)27/h5-8,12,15-16,19-20H,3-4,9-11H2,1-2H3. The molecule has 4 atom stereocenters. The normalized spacial score (nSPS) is 31.8. The van der Waals surface area contributed by atoms with Crippen molar-refractivity contribution in [2.75, 3.05) is 18.0 Å². The lowest BCUT2D eigenvalue weighted by molar-refractivity contribution is -0.140. The molecule has 1 saturated carbocycles. The smallest absolute Gasteiger partial charge is 0.254 e. The quantitative estimate of drug-likeness (QED) is 0.471. The Hall–Kier alpha value is -2.43. The van der Waals surface area contributed by atoms with E-state index in [0.29, 0.717) is 0 Å². The first-order valence-electron chi connectivity index (χ1n) is 10.0. The van der Waals surface area contributed by atoms with Gasteiger partial charge in [-0.2, -0.15) is 10.1 Å². The van der Waals surface area contributed by atoms with Gasteiger partial charge in [0.25, 0.3) is 11.8 Å². The monoisotopic (exact) mass is 363 g/mol. The molecule has 4 aliphatic rings. The second kappa shape index (κ2) is 6.04. The van der Waals surface area contributed by atoms with Crippen LogP contribution in [-0.4, -0.2) is 36.1 Å². The van der Waals surface area contributed by atoms with Crippen LogP contribution in [0.25, 0.3) is 0 Å². The molecule has 2 saturated heterocycles. The first kappa shape index (κ1) is 16.7. The summed E-state index contributed by atoms with van der Waals surface area (Å²) in [4.78, 5) is 27.9. The van der Waals surface area contributed by atoms with Crippen LogP contribution in [0.2, 0.25) is 0 Å². The first-order chi connectivity index (χ1) is 13.1. The van der Waals surface area contributed by atoms with Gasteiger partial charge in [0.05, 0.1) is 18.1 Å². The number of nitrogens with zero attached hydrogens (tertiary/aromatic N) is 3. The molecule has 5 heteroatoms. The number of benzene rings is 1. The number of hydrogen-bond donors (Lipinski definition) is 0. The van der Waals surface area contributed by atoms with Crippen molar-refractivity contribution in [1.29, 1.82) is 0 Å². The summed E-state index contributed by atoms with van der Waals surface area (Å²) in [6, 6.07) is 4.19. The zero-order valence-electron chi connectivity index (χ0n) is 15.9. The predicted octanol–water partition coefficient (Wildman–Crippen LogP) is 3.04. The average molecular weight is 363 g/mol. The highest BCUT2D eigenvalue weighted by Crippen LogP contribution is 2.52. The van der Waals surface area contributed by atoms with Gasteiger partial charge in [-0.25, -0.2) is 0 Å². The molecular weight excluding hydrogens is 338 g/mol. The predicted molar refractivity (Wildman–Crippen MR) is 105 cm³/mol. The maximum absolute atomic E-state index is 12.7. The van der Waals surface area contributed by atoms with Crippen molar-refractivity contribution in [2.24, 2.45) is 28.8 Å². The Morgan fingerprint density at radius 2 is 1.59 bits per heavy atom. The topological polar surface area (TPSA) is 53.0 Å². The maximum atomic E-state index is 12.7. The number of carbonyl (C=O) groups is 2. The molecule has 0 spiro atoms. The van der Waals surface area contributed by atoms with Gasteiger partial charge in [0, 0.05) is 18.8 Å². The summed E-state index contributed by atoms with van der Waals surface area (Å²) in [5.41, 5.74) is 4.66. The van der Waals surface area contributed by atoms with Gasteiger partial charge < -0.3 is 4.90 Å². The van der Waals surface area contributed by atoms with E-state index in [4.69, 9.17) is 0 Å². The van der Waals surface area contributed by atoms with Crippen LogP contribution in [0.3, 0.4) is 0 Å². The number of amides is 2. The number of anilines is 1. The van der Waals surface area contributed by atoms with Gasteiger partial charge >= 0.3 is 0 Å². The molecule has 2 amide bonds. The van der Waals surface area contributed by atoms with E-state index in [2.05, 4.69) is 48.1 Å². The number of carbonyl (C=O) groups excluding carboxylic acids is 2. The summed E-state index contributed by atoms with van der Waals surface area (Å²) in [5.74, 6) is -0.182. The van der Waals surface area contributed by atoms with Gasteiger partial charge in [-0.05, 0) is 67.7 Å². The molecule has 27 heavy (non-hydrogen) atoms. The highest BCUT2D eigenvalue weighted by molar-refractivity contribution is 6.06. The van der Waals surface area contributed by atoms with Crippen molar-refractivity contribution in [1.82, 2.24) is 5.01 Å². The van der Waals surface area contributed by atoms with E-state index in [0.717, 1.165) is 35.6 Å². The summed E-state index contributed by atoms with van der Waals surface area (Å²) in [6.45, 7) is 6.45. The zero-order valence-corrected chi connectivity index (χ0v) is 15.9. The van der Waals surface area contributed by atoms with Crippen LogP contribution in [-0.2, 0) is 9.59 Å². The third-order valence-corrected chi connectivity index (χ3v) is 7.01. The van der Waals surface area contributed by atoms with Crippen LogP contribution in [0, 0.1) is 37.5 Å². The lowest BCUT2D eigenvalue weighted by Gasteiger charge is -2.22. The van der Waals surface area contributed by atoms with Gasteiger partial charge in [-0.15, -0.1) is 0 Å². The summed E-state index contributed by atoms with van der Waals surface area (Å²) >= 11 is 0. The molecular formula is C22H25N3O2. The molecule has 1 aromatic rings. The zero-order chi connectivity index (χ0) is 18.7. The maximum Gasteiger partial charge on any atom is 0.254 e. The SMILES string of the molecule is Cc1c(C=NN2C(=O)C3C4C=CC(C4)C3C2=O)ccc(N2CCCC2)c1C. The van der Waals surface area contributed by atoms with E-state index in [-0.39, 0.29) is 35.5 Å². The van der Waals surface area contributed by atoms with Crippen molar-refractivity contribution >= 4 is 23.7 Å². The Morgan fingerprint density at radius 3 is 2.22 bits per heavy atom. The fourth-order valence-corrected chi connectivity index (χ4v) is 5.39. The molecule has 2 bridgehead atoms. The lowest BCUT2D eigenvalue weighted by Crippen LogP contribution is -2.28. The molecule has 140 valence electrons. The minimum absolute atomic E-state index is 0.124. The fourth-order valence-electron chi connectivity index (χ4n) is 5.39. The number of allylic oxidation sites excluding steroid dienone is 2. The number of imide groups is 1. The van der Waals surface area contributed by atoms with E-state index < -0.39 is 0 Å². The fraction of sp³-hybridized carbons (Fsp3) is 0.500. The van der Waals surface area contributed by atoms with Crippen molar-refractivity contribution in [3.05, 3.63) is 41.0 Å². The molecule has 4 unspecified atom stereocenters. The van der Waals surface area contributed by atoms with E-state index in [1.807, 2.05) is 0 Å². The van der Waals surface area contributed by atoms with Crippen LogP contribution in [0.4, 0.5) is 5.69 Å². The Kier molecular flexibility index (Phi) is 3.74. The molecule has 5 rings (SSSR count). The number of hydrogen-bond acceptors (Lipinski definition) is 4. The van der Waals surface area contributed by atoms with E-state index in [9.17, 15) is 9.59 Å². The van der Waals surface area contributed by atoms with Crippen molar-refractivity contribution < 1.29 is 9.59 Å². The third kappa shape index (κ3) is 2.40. The highest BCUT2D eigenvalue weighted by Gasteiger charge is 2.59. The van der Waals surface area contributed by atoms with E-state index in [1.54, 1.807) is 6.21 Å². The molecule has 2 aliphatic heterocycles. The molecule has 2 heterocycles. The van der Waals surface area contributed by atoms with Crippen LogP contribution in [0.1, 0.15) is 36.0 Å². The number of rotatable bonds is 3. The Morgan fingerprint density at radius 1 is 0.963 bits per heavy atom. The highest BCUT2D eigenvalue weighted by atomic mass is 16.2. The van der Waals surface area contributed by atoms with Crippen molar-refractivity contribution in [2.45, 2.75) is 33.1 Å². The van der Waals surface area contributed by atoms with Crippen LogP contribution in [0.5, 0.6) is 0 Å². The lowest BCUT2D eigenvalue weighted by atomic mass is 9.85. The van der Waals surface area contributed by atoms with Gasteiger partial charge in [0.1, 0.15) is 0 Å². The third-order valence-electron chi connectivity index (χ3n) is 7.01. The van der Waals surface area contributed by atoms with Crippen LogP contribution >= 0.6 is 0 Å². The Balaban J connectivity index is 1.39. The number of fused-ring (bicyclic) bond motifs is 5. The summed E-state index contributed by atoms with van der Waals surface area (Å²) in [5, 5.41) is 5.46. The minimum Gasteiger partial charge on any atom is -0.371 e. The summed E-state index contributed by atoms with van der Waals surface area (Å²) in [6.07, 6.45) is 9.34. The second-order valence-corrected chi connectivity index (χ2v) is 8.35. The van der Waals surface area contributed by atoms with Crippen molar-refractivity contribution in [3.8, 4) is 0 Å². The molecule has 5 nitrogen and oxygen atoms in total. The van der Waals surface area contributed by atoms with E-state index in [1.165, 1.54) is 24.1 Å². The van der Waals surface area contributed by atoms with Gasteiger partial charge in [-0.3, -0.25) is 9.59 Å². The van der Waals surface area contributed by atoms with Crippen LogP contribution < -0.4 is 4.90 Å². The van der Waals surface area contributed by atoms with Crippen molar-refractivity contribution in [3.63, 3.8) is 0 Å². The molecule has 2 aliphatic carbocycles. The number of hydrazone groups is 1. The molecule has 0 N–H and O–H groups in total. The van der Waals surface area contributed by atoms with Gasteiger partial charge in [0.2, 0.25) is 0 Å². The van der Waals surface area contributed by atoms with Gasteiger partial charge in [0.15, 0.2) is 0 Å². The molecule has 0 radical (unpaired) electrons. The molecule has 0 aromatic heterocycles. The first-order valence-corrected chi connectivity index (χ1v) is 10.0. The molecule has 3 fully saturated rings.